The minimum atomic E-state index is -3.44. The predicted molar refractivity (Wildman–Crippen MR) is 74.0 cm³/mol. The molecule has 0 aromatic carbocycles. The average molecular weight is 309 g/mol. The highest BCUT2D eigenvalue weighted by molar-refractivity contribution is 7.99. The van der Waals surface area contributed by atoms with Crippen LogP contribution in [0.5, 0.6) is 0 Å². The highest BCUT2D eigenvalue weighted by Crippen LogP contribution is 2.20. The van der Waals surface area contributed by atoms with Gasteiger partial charge in [-0.05, 0) is 13.8 Å². The summed E-state index contributed by atoms with van der Waals surface area (Å²) in [6, 6.07) is -0.411. The van der Waals surface area contributed by atoms with Crippen molar-refractivity contribution in [3.8, 4) is 0 Å². The highest BCUT2D eigenvalue weighted by atomic mass is 32.2. The Balaban J connectivity index is 2.75. The second-order valence-electron chi connectivity index (χ2n) is 4.77. The minimum absolute atomic E-state index is 0.138. The van der Waals surface area contributed by atoms with E-state index in [0.29, 0.717) is 18.1 Å². The van der Waals surface area contributed by atoms with Gasteiger partial charge in [-0.3, -0.25) is 9.59 Å². The Labute approximate surface area is 117 Å². The predicted octanol–water partition coefficient (Wildman–Crippen LogP) is 0.228. The normalized spacial score (nSPS) is 20.6. The first kappa shape index (κ1) is 16.3. The van der Waals surface area contributed by atoms with Crippen LogP contribution in [0.15, 0.2) is 0 Å². The van der Waals surface area contributed by atoms with Crippen LogP contribution in [0.2, 0.25) is 0 Å². The molecule has 0 bridgehead atoms. The molecule has 1 N–H and O–H groups in total. The fourth-order valence-corrected chi connectivity index (χ4v) is 3.68. The first-order valence-electron chi connectivity index (χ1n) is 6.04. The number of carbonyl (C=O) groups excluding carboxylic acids is 1. The number of thioether (sulfide) groups is 1. The molecule has 1 amide bonds. The Morgan fingerprint density at radius 3 is 2.58 bits per heavy atom. The lowest BCUT2D eigenvalue weighted by Gasteiger charge is -2.34. The number of rotatable bonds is 5. The molecule has 1 unspecified atom stereocenters. The first-order valence-corrected chi connectivity index (χ1v) is 8.91. The molecule has 1 atom stereocenters. The van der Waals surface area contributed by atoms with E-state index in [2.05, 4.69) is 0 Å². The van der Waals surface area contributed by atoms with Crippen molar-refractivity contribution in [1.29, 1.82) is 0 Å². The second kappa shape index (κ2) is 6.60. The van der Waals surface area contributed by atoms with Crippen LogP contribution in [-0.4, -0.2) is 65.4 Å². The van der Waals surface area contributed by atoms with Gasteiger partial charge in [0, 0.05) is 18.1 Å². The van der Waals surface area contributed by atoms with Gasteiger partial charge in [0.25, 0.3) is 0 Å². The molecule has 110 valence electrons. The molecule has 0 aliphatic carbocycles. The number of carboxylic acid groups (broad SMARTS) is 1. The van der Waals surface area contributed by atoms with Gasteiger partial charge in [-0.15, -0.1) is 0 Å². The van der Waals surface area contributed by atoms with Crippen molar-refractivity contribution in [3.05, 3.63) is 0 Å². The van der Waals surface area contributed by atoms with Crippen molar-refractivity contribution in [3.63, 3.8) is 0 Å². The molecule has 8 heteroatoms. The van der Waals surface area contributed by atoms with E-state index in [4.69, 9.17) is 5.11 Å². The monoisotopic (exact) mass is 309 g/mol. The van der Waals surface area contributed by atoms with Crippen LogP contribution < -0.4 is 0 Å². The van der Waals surface area contributed by atoms with Crippen molar-refractivity contribution in [1.82, 2.24) is 4.90 Å². The van der Waals surface area contributed by atoms with Crippen molar-refractivity contribution in [2.45, 2.75) is 31.6 Å². The highest BCUT2D eigenvalue weighted by Gasteiger charge is 2.32. The van der Waals surface area contributed by atoms with E-state index in [-0.39, 0.29) is 6.42 Å². The van der Waals surface area contributed by atoms with E-state index in [1.165, 1.54) is 18.7 Å². The van der Waals surface area contributed by atoms with Gasteiger partial charge in [-0.2, -0.15) is 11.8 Å². The van der Waals surface area contributed by atoms with Crippen LogP contribution in [0.25, 0.3) is 0 Å². The van der Waals surface area contributed by atoms with E-state index in [9.17, 15) is 18.0 Å². The zero-order valence-electron chi connectivity index (χ0n) is 11.0. The van der Waals surface area contributed by atoms with Crippen LogP contribution in [0.1, 0.15) is 20.3 Å². The van der Waals surface area contributed by atoms with Gasteiger partial charge < -0.3 is 10.0 Å². The molecule has 0 saturated carbocycles. The first-order chi connectivity index (χ1) is 8.74. The van der Waals surface area contributed by atoms with Crippen molar-refractivity contribution < 1.29 is 23.1 Å². The number of hydrogen-bond acceptors (Lipinski definition) is 5. The maximum absolute atomic E-state index is 12.1. The number of aliphatic carboxylic acids is 1. The van der Waals surface area contributed by atoms with Gasteiger partial charge in [-0.1, -0.05) is 0 Å². The third-order valence-electron chi connectivity index (χ3n) is 3.00. The molecule has 0 aromatic heterocycles. The van der Waals surface area contributed by atoms with Gasteiger partial charge in [-0.25, -0.2) is 8.42 Å². The van der Waals surface area contributed by atoms with Crippen LogP contribution in [0.4, 0.5) is 0 Å². The van der Waals surface area contributed by atoms with Gasteiger partial charge in [0.05, 0.1) is 17.7 Å². The zero-order valence-corrected chi connectivity index (χ0v) is 12.7. The van der Waals surface area contributed by atoms with Gasteiger partial charge >= 0.3 is 5.97 Å². The molecule has 0 radical (unpaired) electrons. The topological polar surface area (TPSA) is 91.8 Å². The molecule has 0 spiro atoms. The molecule has 1 aliphatic rings. The maximum Gasteiger partial charge on any atom is 0.305 e. The number of amides is 1. The summed E-state index contributed by atoms with van der Waals surface area (Å²) < 4.78 is 23.5. The van der Waals surface area contributed by atoms with Gasteiger partial charge in [0.1, 0.15) is 5.75 Å². The Bertz CT molecular complexity index is 446. The number of carbonyl (C=O) groups is 2. The fraction of sp³-hybridized carbons (Fsp3) is 0.818. The molecule has 6 nitrogen and oxygen atoms in total. The molecule has 19 heavy (non-hydrogen) atoms. The van der Waals surface area contributed by atoms with Crippen LogP contribution in [0, 0.1) is 0 Å². The number of sulfone groups is 1. The third-order valence-corrected chi connectivity index (χ3v) is 6.18. The molecule has 0 aromatic rings. The van der Waals surface area contributed by atoms with Crippen LogP contribution >= 0.6 is 11.8 Å². The Morgan fingerprint density at radius 2 is 2.05 bits per heavy atom. The summed E-state index contributed by atoms with van der Waals surface area (Å²) in [7, 11) is -3.44. The SMILES string of the molecule is CC(C)S(=O)(=O)CC(=O)N1CCSCC1CC(=O)O. The van der Waals surface area contributed by atoms with Crippen molar-refractivity contribution >= 4 is 33.5 Å². The summed E-state index contributed by atoms with van der Waals surface area (Å²) >= 11 is 1.58. The quantitative estimate of drug-likeness (QED) is 0.781. The summed E-state index contributed by atoms with van der Waals surface area (Å²) in [5.74, 6) is -0.744. The Kier molecular flexibility index (Phi) is 5.66. The van der Waals surface area contributed by atoms with Crippen LogP contribution in [0.3, 0.4) is 0 Å². The van der Waals surface area contributed by atoms with Gasteiger partial charge in [0.15, 0.2) is 9.84 Å². The lowest BCUT2D eigenvalue weighted by molar-refractivity contribution is -0.139. The number of carboxylic acids is 1. The largest absolute Gasteiger partial charge is 0.481 e. The lowest BCUT2D eigenvalue weighted by Crippen LogP contribution is -2.49. The lowest BCUT2D eigenvalue weighted by atomic mass is 10.2. The van der Waals surface area contributed by atoms with E-state index >= 15 is 0 Å². The zero-order chi connectivity index (χ0) is 14.6. The summed E-state index contributed by atoms with van der Waals surface area (Å²) in [4.78, 5) is 24.2. The molecular formula is C11H19NO5S2. The van der Waals surface area contributed by atoms with E-state index in [1.54, 1.807) is 11.8 Å². The summed E-state index contributed by atoms with van der Waals surface area (Å²) in [6.07, 6.45) is -0.138. The average Bonchev–Trinajstić information content (AvgIpc) is 2.27. The third kappa shape index (κ3) is 4.68. The standard InChI is InChI=1S/C11H19NO5S2/c1-8(2)19(16,17)7-10(13)12-3-4-18-6-9(12)5-11(14)15/h8-9H,3-7H2,1-2H3,(H,14,15). The summed E-state index contributed by atoms with van der Waals surface area (Å²) in [5, 5.41) is 8.22. The summed E-state index contributed by atoms with van der Waals surface area (Å²) in [6.45, 7) is 3.47. The number of hydrogen-bond donors (Lipinski definition) is 1. The van der Waals surface area contributed by atoms with E-state index < -0.39 is 38.8 Å². The van der Waals surface area contributed by atoms with E-state index in [1.807, 2.05) is 0 Å². The van der Waals surface area contributed by atoms with Crippen LogP contribution in [-0.2, 0) is 19.4 Å². The minimum Gasteiger partial charge on any atom is -0.481 e. The van der Waals surface area contributed by atoms with Crippen molar-refractivity contribution in [2.24, 2.45) is 0 Å². The molecule has 1 fully saturated rings. The molecule has 1 saturated heterocycles. The number of nitrogens with zero attached hydrogens (tertiary/aromatic N) is 1. The Morgan fingerprint density at radius 1 is 1.42 bits per heavy atom. The smallest absolute Gasteiger partial charge is 0.305 e. The maximum atomic E-state index is 12.1. The summed E-state index contributed by atoms with van der Waals surface area (Å²) in [5.41, 5.74) is 0. The van der Waals surface area contributed by atoms with Crippen molar-refractivity contribution in [2.75, 3.05) is 23.8 Å². The molecule has 1 rings (SSSR count). The van der Waals surface area contributed by atoms with Gasteiger partial charge in [0.2, 0.25) is 5.91 Å². The molecule has 1 aliphatic heterocycles. The second-order valence-corrected chi connectivity index (χ2v) is 8.48. The Hall–Kier alpha value is -0.760. The van der Waals surface area contributed by atoms with E-state index in [0.717, 1.165) is 0 Å². The molecule has 1 heterocycles. The molecular weight excluding hydrogens is 290 g/mol. The fourth-order valence-electron chi connectivity index (χ4n) is 1.78.